The molecule has 1 unspecified atom stereocenters. The van der Waals surface area contributed by atoms with Crippen molar-refractivity contribution in [3.05, 3.63) is 41.8 Å². The monoisotopic (exact) mass is 343 g/mol. The lowest BCUT2D eigenvalue weighted by Crippen LogP contribution is -2.33. The molecule has 0 aliphatic heterocycles. The van der Waals surface area contributed by atoms with E-state index >= 15 is 0 Å². The Labute approximate surface area is 146 Å². The van der Waals surface area contributed by atoms with Crippen molar-refractivity contribution in [2.24, 2.45) is 11.3 Å². The van der Waals surface area contributed by atoms with Gasteiger partial charge in [0.2, 0.25) is 0 Å². The number of carbonyl (C=O) groups is 1. The number of nitrogens with zero attached hydrogens (tertiary/aromatic N) is 1. The Morgan fingerprint density at radius 3 is 2.80 bits per heavy atom. The lowest BCUT2D eigenvalue weighted by molar-refractivity contribution is -0.146. The van der Waals surface area contributed by atoms with Gasteiger partial charge in [-0.05, 0) is 74.3 Å². The first-order valence-corrected chi connectivity index (χ1v) is 8.91. The van der Waals surface area contributed by atoms with Gasteiger partial charge in [0.15, 0.2) is 0 Å². The molecule has 2 saturated carbocycles. The molecule has 1 atom stereocenters. The molecule has 0 saturated heterocycles. The smallest absolute Gasteiger partial charge is 0.309 e. The fraction of sp³-hybridized carbons (Fsp3) is 0.500. The van der Waals surface area contributed by atoms with Gasteiger partial charge in [0.05, 0.1) is 23.6 Å². The Bertz CT molecular complexity index is 827. The first-order valence-electron chi connectivity index (χ1n) is 8.91. The minimum absolute atomic E-state index is 0.00737. The zero-order valence-corrected chi connectivity index (χ0v) is 14.3. The summed E-state index contributed by atoms with van der Waals surface area (Å²) in [5.41, 5.74) is 0.415. The molecule has 1 heterocycles. The van der Waals surface area contributed by atoms with Crippen LogP contribution in [0.5, 0.6) is 0 Å². The van der Waals surface area contributed by atoms with Crippen molar-refractivity contribution >= 4 is 16.9 Å². The van der Waals surface area contributed by atoms with Gasteiger partial charge >= 0.3 is 5.97 Å². The number of ether oxygens (including phenoxy) is 1. The fourth-order valence-electron chi connectivity index (χ4n) is 4.43. The zero-order valence-electron chi connectivity index (χ0n) is 14.3. The number of hydrogen-bond acceptors (Lipinski definition) is 4. The van der Waals surface area contributed by atoms with E-state index in [1.807, 2.05) is 6.92 Å². The highest BCUT2D eigenvalue weighted by molar-refractivity contribution is 5.83. The number of esters is 1. The van der Waals surface area contributed by atoms with Gasteiger partial charge in [-0.3, -0.25) is 9.78 Å². The van der Waals surface area contributed by atoms with Gasteiger partial charge < -0.3 is 9.84 Å². The van der Waals surface area contributed by atoms with Crippen molar-refractivity contribution in [3.63, 3.8) is 0 Å². The van der Waals surface area contributed by atoms with E-state index in [0.29, 0.717) is 30.4 Å². The van der Waals surface area contributed by atoms with Crippen molar-refractivity contribution in [1.29, 1.82) is 0 Å². The van der Waals surface area contributed by atoms with Crippen LogP contribution in [0.4, 0.5) is 4.39 Å². The lowest BCUT2D eigenvalue weighted by atomic mass is 9.72. The quantitative estimate of drug-likeness (QED) is 0.863. The number of aliphatic hydroxyl groups is 1. The summed E-state index contributed by atoms with van der Waals surface area (Å²) in [5, 5.41) is 11.9. The van der Waals surface area contributed by atoms with Crippen LogP contribution in [-0.4, -0.2) is 22.7 Å². The molecule has 25 heavy (non-hydrogen) atoms. The second-order valence-corrected chi connectivity index (χ2v) is 7.42. The highest BCUT2D eigenvalue weighted by Gasteiger charge is 2.61. The van der Waals surface area contributed by atoms with Crippen LogP contribution in [0.1, 0.15) is 44.6 Å². The van der Waals surface area contributed by atoms with Gasteiger partial charge in [-0.1, -0.05) is 0 Å². The average molecular weight is 343 g/mol. The number of pyridine rings is 1. The molecule has 1 aromatic heterocycles. The van der Waals surface area contributed by atoms with Crippen LogP contribution >= 0.6 is 0 Å². The SMILES string of the molecule is CCOC(=O)C1CC12CCC(O)(c1ccnc3ccc(F)cc13)CC2. The first-order chi connectivity index (χ1) is 12.0. The van der Waals surface area contributed by atoms with E-state index in [9.17, 15) is 14.3 Å². The summed E-state index contributed by atoms with van der Waals surface area (Å²) in [7, 11) is 0. The predicted molar refractivity (Wildman–Crippen MR) is 91.2 cm³/mol. The number of carbonyl (C=O) groups excluding carboxylic acids is 1. The third kappa shape index (κ3) is 2.71. The first kappa shape index (κ1) is 16.5. The van der Waals surface area contributed by atoms with Crippen molar-refractivity contribution in [1.82, 2.24) is 4.98 Å². The van der Waals surface area contributed by atoms with E-state index in [0.717, 1.165) is 24.8 Å². The molecule has 1 N–H and O–H groups in total. The van der Waals surface area contributed by atoms with Crippen molar-refractivity contribution in [3.8, 4) is 0 Å². The van der Waals surface area contributed by atoms with Crippen LogP contribution in [0.25, 0.3) is 10.9 Å². The zero-order chi connectivity index (χ0) is 17.7. The van der Waals surface area contributed by atoms with Crippen LogP contribution in [-0.2, 0) is 15.1 Å². The van der Waals surface area contributed by atoms with Gasteiger partial charge in [-0.2, -0.15) is 0 Å². The molecule has 0 bridgehead atoms. The molecule has 1 aromatic carbocycles. The van der Waals surface area contributed by atoms with Crippen LogP contribution in [0.3, 0.4) is 0 Å². The number of halogens is 1. The van der Waals surface area contributed by atoms with Crippen molar-refractivity contribution in [2.75, 3.05) is 6.61 Å². The van der Waals surface area contributed by atoms with Gasteiger partial charge in [0.25, 0.3) is 0 Å². The van der Waals surface area contributed by atoms with Gasteiger partial charge in [-0.25, -0.2) is 4.39 Å². The molecule has 0 radical (unpaired) electrons. The Balaban J connectivity index is 1.58. The summed E-state index contributed by atoms with van der Waals surface area (Å²) in [4.78, 5) is 16.3. The summed E-state index contributed by atoms with van der Waals surface area (Å²) in [6.07, 6.45) is 5.22. The highest BCUT2D eigenvalue weighted by Crippen LogP contribution is 2.64. The van der Waals surface area contributed by atoms with E-state index in [-0.39, 0.29) is 23.1 Å². The fourth-order valence-corrected chi connectivity index (χ4v) is 4.43. The average Bonchev–Trinajstić information content (AvgIpc) is 3.32. The van der Waals surface area contributed by atoms with Gasteiger partial charge in [-0.15, -0.1) is 0 Å². The van der Waals surface area contributed by atoms with Crippen LogP contribution in [0.2, 0.25) is 0 Å². The maximum Gasteiger partial charge on any atom is 0.309 e. The molecule has 5 heteroatoms. The van der Waals surface area contributed by atoms with Crippen LogP contribution in [0.15, 0.2) is 30.5 Å². The summed E-state index contributed by atoms with van der Waals surface area (Å²) >= 11 is 0. The molecule has 2 aromatic rings. The molecule has 1 spiro atoms. The Morgan fingerprint density at radius 2 is 2.08 bits per heavy atom. The molecule has 4 nitrogen and oxygen atoms in total. The minimum Gasteiger partial charge on any atom is -0.466 e. The van der Waals surface area contributed by atoms with Gasteiger partial charge in [0, 0.05) is 11.6 Å². The molecule has 132 valence electrons. The maximum atomic E-state index is 13.7. The number of hydrogen-bond donors (Lipinski definition) is 1. The summed E-state index contributed by atoms with van der Waals surface area (Å²) < 4.78 is 18.8. The number of rotatable bonds is 3. The van der Waals surface area contributed by atoms with E-state index in [4.69, 9.17) is 4.74 Å². The van der Waals surface area contributed by atoms with Gasteiger partial charge in [0.1, 0.15) is 5.82 Å². The normalized spacial score (nSPS) is 31.2. The largest absolute Gasteiger partial charge is 0.466 e. The third-order valence-corrected chi connectivity index (χ3v) is 6.04. The van der Waals surface area contributed by atoms with Crippen molar-refractivity contribution in [2.45, 2.75) is 44.6 Å². The second kappa shape index (κ2) is 5.77. The summed E-state index contributed by atoms with van der Waals surface area (Å²) in [5.74, 6) is -0.463. The maximum absolute atomic E-state index is 13.7. The van der Waals surface area contributed by atoms with Crippen LogP contribution in [0, 0.1) is 17.2 Å². The van der Waals surface area contributed by atoms with E-state index in [1.165, 1.54) is 12.1 Å². The molecule has 2 aliphatic rings. The molecule has 0 amide bonds. The lowest BCUT2D eigenvalue weighted by Gasteiger charge is -2.37. The predicted octanol–water partition coefficient (Wildman–Crippen LogP) is 3.70. The van der Waals surface area contributed by atoms with Crippen LogP contribution < -0.4 is 0 Å². The molecule has 4 rings (SSSR count). The minimum atomic E-state index is -0.998. The number of fused-ring (bicyclic) bond motifs is 1. The molecule has 2 fully saturated rings. The van der Waals surface area contributed by atoms with E-state index in [1.54, 1.807) is 18.3 Å². The summed E-state index contributed by atoms with van der Waals surface area (Å²) in [6.45, 7) is 2.23. The number of benzene rings is 1. The summed E-state index contributed by atoms with van der Waals surface area (Å²) in [6, 6.07) is 6.25. The second-order valence-electron chi connectivity index (χ2n) is 7.42. The molecule has 2 aliphatic carbocycles. The highest BCUT2D eigenvalue weighted by atomic mass is 19.1. The Morgan fingerprint density at radius 1 is 1.32 bits per heavy atom. The Hall–Kier alpha value is -2.01. The van der Waals surface area contributed by atoms with E-state index in [2.05, 4.69) is 4.98 Å². The molecular weight excluding hydrogens is 321 g/mol. The van der Waals surface area contributed by atoms with E-state index < -0.39 is 5.60 Å². The third-order valence-electron chi connectivity index (χ3n) is 6.04. The Kier molecular flexibility index (Phi) is 3.80. The number of aromatic nitrogens is 1. The topological polar surface area (TPSA) is 59.4 Å². The van der Waals surface area contributed by atoms with Crippen molar-refractivity contribution < 1.29 is 19.0 Å². The molecular formula is C20H22FNO3. The standard InChI is InChI=1S/C20H22FNO3/c1-2-25-18(23)16-12-19(16)6-8-20(24,9-7-19)15-5-10-22-17-4-3-13(21)11-14(15)17/h3-5,10-11,16,24H,2,6-9,12H2,1H3.